The van der Waals surface area contributed by atoms with Crippen molar-refractivity contribution in [1.29, 1.82) is 0 Å². The molecule has 2 heterocycles. The maximum atomic E-state index is 12.8. The summed E-state index contributed by atoms with van der Waals surface area (Å²) in [5, 5.41) is 2.32. The van der Waals surface area contributed by atoms with Gasteiger partial charge >= 0.3 is 17.6 Å². The molecule has 1 aromatic carbocycles. The molecule has 0 saturated carbocycles. The number of amides is 5. The number of carbonyl (C=O) groups is 3. The van der Waals surface area contributed by atoms with E-state index in [1.807, 2.05) is 0 Å². The zero-order valence-corrected chi connectivity index (χ0v) is 16.3. The summed E-state index contributed by atoms with van der Waals surface area (Å²) in [6, 6.07) is 5.93. The van der Waals surface area contributed by atoms with Crippen LogP contribution in [0.15, 0.2) is 47.5 Å². The lowest BCUT2D eigenvalue weighted by atomic mass is 10.2. The molecule has 1 aliphatic heterocycles. The van der Waals surface area contributed by atoms with Crippen LogP contribution >= 0.6 is 11.8 Å². The van der Waals surface area contributed by atoms with Crippen LogP contribution < -0.4 is 16.0 Å². The Morgan fingerprint density at radius 1 is 1.23 bits per heavy atom. The van der Waals surface area contributed by atoms with Gasteiger partial charge in [0.25, 0.3) is 5.91 Å². The van der Waals surface area contributed by atoms with Crippen molar-refractivity contribution in [3.8, 4) is 0 Å². The molecule has 0 bridgehead atoms. The molecule has 3 N–H and O–H groups in total. The second-order valence-electron chi connectivity index (χ2n) is 6.34. The number of thioether (sulfide) groups is 1. The first-order valence-corrected chi connectivity index (χ1v) is 9.38. The highest BCUT2D eigenvalue weighted by atomic mass is 32.2. The number of carbonyl (C=O) groups excluding carboxylic acids is 3. The largest absolute Gasteiger partial charge is 0.446 e. The first kappa shape index (κ1) is 21.4. The fourth-order valence-electron chi connectivity index (χ4n) is 2.91. The molecule has 3 rings (SSSR count). The molecule has 2 aromatic rings. The number of nitrogens with zero attached hydrogens (tertiary/aromatic N) is 3. The molecule has 158 valence electrons. The quantitative estimate of drug-likeness (QED) is 0.547. The number of hydrogen-bond donors (Lipinski definition) is 2. The summed E-state index contributed by atoms with van der Waals surface area (Å²) < 4.78 is 37.4. The van der Waals surface area contributed by atoms with Gasteiger partial charge in [0.2, 0.25) is 0 Å². The van der Waals surface area contributed by atoms with Crippen molar-refractivity contribution in [3.05, 3.63) is 48.2 Å². The van der Waals surface area contributed by atoms with Crippen molar-refractivity contribution in [1.82, 2.24) is 9.88 Å². The molecule has 1 saturated heterocycles. The van der Waals surface area contributed by atoms with E-state index < -0.39 is 29.5 Å². The van der Waals surface area contributed by atoms with E-state index in [9.17, 15) is 27.6 Å². The van der Waals surface area contributed by atoms with E-state index in [0.717, 1.165) is 4.90 Å². The lowest BCUT2D eigenvalue weighted by Crippen LogP contribution is -2.33. The average molecular weight is 439 g/mol. The third-order valence-electron chi connectivity index (χ3n) is 4.24. The van der Waals surface area contributed by atoms with Gasteiger partial charge in [0.1, 0.15) is 11.9 Å². The number of alkyl halides is 3. The van der Waals surface area contributed by atoms with Gasteiger partial charge in [0.15, 0.2) is 0 Å². The van der Waals surface area contributed by atoms with Gasteiger partial charge in [0, 0.05) is 17.6 Å². The fourth-order valence-corrected chi connectivity index (χ4v) is 3.45. The summed E-state index contributed by atoms with van der Waals surface area (Å²) in [5.41, 5.74) is 1.40. The third-order valence-corrected chi connectivity index (χ3v) is 4.98. The fraction of sp³-hybridized carbons (Fsp3) is 0.222. The highest BCUT2D eigenvalue weighted by molar-refractivity contribution is 8.00. The van der Waals surface area contributed by atoms with Crippen LogP contribution in [0.1, 0.15) is 12.5 Å². The lowest BCUT2D eigenvalue weighted by Gasteiger charge is -2.19. The maximum Gasteiger partial charge on any atom is 0.446 e. The van der Waals surface area contributed by atoms with Gasteiger partial charge in [-0.2, -0.15) is 13.2 Å². The topological polar surface area (TPSA) is 109 Å². The molecule has 30 heavy (non-hydrogen) atoms. The van der Waals surface area contributed by atoms with Crippen LogP contribution in [-0.2, 0) is 11.3 Å². The molecule has 1 atom stereocenters. The summed E-state index contributed by atoms with van der Waals surface area (Å²) in [5.74, 6) is -0.305. The van der Waals surface area contributed by atoms with Crippen molar-refractivity contribution < 1.29 is 27.6 Å². The molecule has 1 aromatic heterocycles. The molecule has 0 spiro atoms. The molecular weight excluding hydrogens is 423 g/mol. The number of rotatable bonds is 5. The predicted octanol–water partition coefficient (Wildman–Crippen LogP) is 3.54. The minimum absolute atomic E-state index is 0.0542. The predicted molar refractivity (Wildman–Crippen MR) is 104 cm³/mol. The van der Waals surface area contributed by atoms with Crippen LogP contribution in [0.4, 0.5) is 34.3 Å². The van der Waals surface area contributed by atoms with Crippen molar-refractivity contribution >= 4 is 41.2 Å². The van der Waals surface area contributed by atoms with E-state index in [1.165, 1.54) is 41.4 Å². The van der Waals surface area contributed by atoms with Crippen molar-refractivity contribution in [2.24, 2.45) is 5.73 Å². The molecule has 1 unspecified atom stereocenters. The molecule has 5 amide bonds. The normalized spacial score (nSPS) is 16.9. The van der Waals surface area contributed by atoms with Crippen LogP contribution in [0, 0.1) is 0 Å². The highest BCUT2D eigenvalue weighted by Gasteiger charge is 2.43. The van der Waals surface area contributed by atoms with Crippen molar-refractivity contribution in [3.63, 3.8) is 0 Å². The second-order valence-corrected chi connectivity index (χ2v) is 7.48. The number of primary amides is 1. The molecule has 12 heteroatoms. The Labute approximate surface area is 173 Å². The van der Waals surface area contributed by atoms with Gasteiger partial charge in [-0.25, -0.2) is 19.5 Å². The first-order chi connectivity index (χ1) is 14.0. The smallest absolute Gasteiger partial charge is 0.351 e. The second kappa shape index (κ2) is 8.22. The SMILES string of the molecule is CC1C(=O)N(c2ccc(SC(F)(F)F)cc2)C(=O)N1Cc1ccnc(NC(N)=O)c1. The van der Waals surface area contributed by atoms with Gasteiger partial charge in [-0.3, -0.25) is 10.1 Å². The summed E-state index contributed by atoms with van der Waals surface area (Å²) in [4.78, 5) is 42.6. The monoisotopic (exact) mass is 439 g/mol. The van der Waals surface area contributed by atoms with Crippen LogP contribution in [-0.4, -0.2) is 39.4 Å². The Morgan fingerprint density at radius 2 is 1.90 bits per heavy atom. The van der Waals surface area contributed by atoms with E-state index in [4.69, 9.17) is 5.73 Å². The van der Waals surface area contributed by atoms with Crippen LogP contribution in [0.5, 0.6) is 0 Å². The molecule has 1 fully saturated rings. The van der Waals surface area contributed by atoms with Crippen LogP contribution in [0.2, 0.25) is 0 Å². The highest BCUT2D eigenvalue weighted by Crippen LogP contribution is 2.38. The number of hydrogen-bond acceptors (Lipinski definition) is 5. The van der Waals surface area contributed by atoms with Gasteiger partial charge < -0.3 is 10.6 Å². The van der Waals surface area contributed by atoms with Gasteiger partial charge in [-0.05, 0) is 60.6 Å². The lowest BCUT2D eigenvalue weighted by molar-refractivity contribution is -0.119. The van der Waals surface area contributed by atoms with E-state index in [-0.39, 0.29) is 34.7 Å². The molecule has 8 nitrogen and oxygen atoms in total. The molecular formula is C18H16F3N5O3S. The number of nitrogens with two attached hydrogens (primary N) is 1. The number of urea groups is 2. The van der Waals surface area contributed by atoms with Gasteiger partial charge in [0.05, 0.1) is 5.69 Å². The van der Waals surface area contributed by atoms with Gasteiger partial charge in [-0.15, -0.1) is 0 Å². The van der Waals surface area contributed by atoms with E-state index in [0.29, 0.717) is 5.56 Å². The Kier molecular flexibility index (Phi) is 5.87. The van der Waals surface area contributed by atoms with E-state index in [2.05, 4.69) is 10.3 Å². The number of pyridine rings is 1. The number of aromatic nitrogens is 1. The number of nitrogens with one attached hydrogen (secondary N) is 1. The van der Waals surface area contributed by atoms with Gasteiger partial charge in [-0.1, -0.05) is 0 Å². The summed E-state index contributed by atoms with van der Waals surface area (Å²) >= 11 is -0.282. The van der Waals surface area contributed by atoms with Crippen molar-refractivity contribution in [2.45, 2.75) is 29.9 Å². The number of benzene rings is 1. The number of halogens is 3. The Bertz CT molecular complexity index is 984. The molecule has 1 aliphatic rings. The number of imide groups is 1. The summed E-state index contributed by atoms with van der Waals surface area (Å²) in [6.07, 6.45) is 1.42. The minimum Gasteiger partial charge on any atom is -0.351 e. The Morgan fingerprint density at radius 3 is 2.50 bits per heavy atom. The van der Waals surface area contributed by atoms with Crippen LogP contribution in [0.25, 0.3) is 0 Å². The van der Waals surface area contributed by atoms with E-state index >= 15 is 0 Å². The Hall–Kier alpha value is -3.28. The van der Waals surface area contributed by atoms with Crippen molar-refractivity contribution in [2.75, 3.05) is 10.2 Å². The minimum atomic E-state index is -4.43. The molecule has 0 radical (unpaired) electrons. The summed E-state index contributed by atoms with van der Waals surface area (Å²) in [6.45, 7) is 1.61. The third kappa shape index (κ3) is 4.82. The maximum absolute atomic E-state index is 12.8. The Balaban J connectivity index is 1.78. The van der Waals surface area contributed by atoms with E-state index in [1.54, 1.807) is 13.0 Å². The average Bonchev–Trinajstić information content (AvgIpc) is 2.85. The zero-order chi connectivity index (χ0) is 22.1. The number of anilines is 2. The zero-order valence-electron chi connectivity index (χ0n) is 15.5. The first-order valence-electron chi connectivity index (χ1n) is 8.57. The summed E-state index contributed by atoms with van der Waals surface area (Å²) in [7, 11) is 0. The standard InChI is InChI=1S/C18H16F3N5O3S/c1-10-15(27)26(12-2-4-13(5-3-12)30-18(19,20)21)17(29)25(10)9-11-6-7-23-14(8-11)24-16(22)28/h2-8,10H,9H2,1H3,(H3,22,23,24,28). The van der Waals surface area contributed by atoms with Crippen LogP contribution in [0.3, 0.4) is 0 Å². The molecule has 0 aliphatic carbocycles.